The van der Waals surface area contributed by atoms with Crippen LogP contribution in [0.3, 0.4) is 0 Å². The standard InChI is InChI=1S/C13H19F2N5O/c1-2-20-16-6-10(18-20)17-11(21)19-8-12(4-3-5-12)7-13(14,15)9-19/h6H,2-5,7-9H2,1H3,(H,17,18,21). The highest BCUT2D eigenvalue weighted by molar-refractivity contribution is 5.88. The molecule has 2 amide bonds. The number of piperidine rings is 1. The second-order valence-corrected chi connectivity index (χ2v) is 6.09. The number of alkyl halides is 2. The van der Waals surface area contributed by atoms with E-state index in [0.717, 1.165) is 19.3 Å². The fourth-order valence-corrected chi connectivity index (χ4v) is 3.25. The number of halogens is 2. The molecule has 1 aromatic rings. The largest absolute Gasteiger partial charge is 0.323 e. The number of hydrogen-bond donors (Lipinski definition) is 1. The lowest BCUT2D eigenvalue weighted by Gasteiger charge is -2.51. The summed E-state index contributed by atoms with van der Waals surface area (Å²) in [4.78, 5) is 14.8. The van der Waals surface area contributed by atoms with E-state index in [2.05, 4.69) is 15.5 Å². The number of carbonyl (C=O) groups excluding carboxylic acids is 1. The summed E-state index contributed by atoms with van der Waals surface area (Å²) in [6.45, 7) is 2.33. The number of anilines is 1. The molecular formula is C13H19F2N5O. The molecule has 8 heteroatoms. The topological polar surface area (TPSA) is 63.1 Å². The summed E-state index contributed by atoms with van der Waals surface area (Å²) in [5, 5.41) is 10.5. The fourth-order valence-electron chi connectivity index (χ4n) is 3.25. The lowest BCUT2D eigenvalue weighted by molar-refractivity contribution is -0.125. The zero-order valence-corrected chi connectivity index (χ0v) is 12.0. The summed E-state index contributed by atoms with van der Waals surface area (Å²) in [6.07, 6.45) is 3.84. The Morgan fingerprint density at radius 2 is 2.19 bits per heavy atom. The summed E-state index contributed by atoms with van der Waals surface area (Å²) in [7, 11) is 0. The van der Waals surface area contributed by atoms with Gasteiger partial charge in [-0.3, -0.25) is 5.32 Å². The molecule has 2 fully saturated rings. The van der Waals surface area contributed by atoms with E-state index in [1.165, 1.54) is 15.9 Å². The van der Waals surface area contributed by atoms with Gasteiger partial charge in [-0.15, -0.1) is 5.10 Å². The maximum atomic E-state index is 13.9. The van der Waals surface area contributed by atoms with Crippen molar-refractivity contribution in [2.75, 3.05) is 18.4 Å². The first-order chi connectivity index (χ1) is 9.91. The van der Waals surface area contributed by atoms with Gasteiger partial charge in [0.15, 0.2) is 5.82 Å². The minimum absolute atomic E-state index is 0.101. The van der Waals surface area contributed by atoms with Crippen LogP contribution in [0.1, 0.15) is 32.6 Å². The lowest BCUT2D eigenvalue weighted by Crippen LogP contribution is -2.57. The molecular weight excluding hydrogens is 280 g/mol. The van der Waals surface area contributed by atoms with Gasteiger partial charge >= 0.3 is 6.03 Å². The number of carbonyl (C=O) groups is 1. The van der Waals surface area contributed by atoms with Gasteiger partial charge in [-0.25, -0.2) is 13.6 Å². The van der Waals surface area contributed by atoms with E-state index in [-0.39, 0.29) is 11.8 Å². The van der Waals surface area contributed by atoms with E-state index in [0.29, 0.717) is 18.9 Å². The second kappa shape index (κ2) is 4.92. The van der Waals surface area contributed by atoms with Gasteiger partial charge in [-0.1, -0.05) is 6.42 Å². The fraction of sp³-hybridized carbons (Fsp3) is 0.769. The van der Waals surface area contributed by atoms with Crippen LogP contribution in [0.2, 0.25) is 0 Å². The van der Waals surface area contributed by atoms with Gasteiger partial charge in [0, 0.05) is 13.0 Å². The minimum atomic E-state index is -2.81. The lowest BCUT2D eigenvalue weighted by atomic mass is 9.63. The molecule has 0 atom stereocenters. The van der Waals surface area contributed by atoms with Crippen molar-refractivity contribution in [2.45, 2.75) is 45.1 Å². The van der Waals surface area contributed by atoms with Gasteiger partial charge in [0.05, 0.1) is 19.3 Å². The number of nitrogens with zero attached hydrogens (tertiary/aromatic N) is 4. The van der Waals surface area contributed by atoms with Crippen LogP contribution in [0.5, 0.6) is 0 Å². The van der Waals surface area contributed by atoms with Crippen molar-refractivity contribution in [3.63, 3.8) is 0 Å². The number of aryl methyl sites for hydroxylation is 1. The highest BCUT2D eigenvalue weighted by atomic mass is 19.3. The van der Waals surface area contributed by atoms with Crippen molar-refractivity contribution in [2.24, 2.45) is 5.41 Å². The van der Waals surface area contributed by atoms with Crippen molar-refractivity contribution >= 4 is 11.8 Å². The number of urea groups is 1. The Morgan fingerprint density at radius 1 is 1.43 bits per heavy atom. The smallest absolute Gasteiger partial charge is 0.318 e. The Bertz CT molecular complexity index is 540. The highest BCUT2D eigenvalue weighted by Crippen LogP contribution is 2.51. The molecule has 1 saturated heterocycles. The molecule has 1 aliphatic carbocycles. The van der Waals surface area contributed by atoms with Crippen LogP contribution in [0.4, 0.5) is 19.4 Å². The van der Waals surface area contributed by atoms with Crippen LogP contribution in [0, 0.1) is 5.41 Å². The van der Waals surface area contributed by atoms with Gasteiger partial charge in [-0.05, 0) is 25.2 Å². The normalized spacial score (nSPS) is 22.9. The number of hydrogen-bond acceptors (Lipinski definition) is 3. The molecule has 0 aromatic carbocycles. The van der Waals surface area contributed by atoms with Gasteiger partial charge in [0.2, 0.25) is 0 Å². The predicted molar refractivity (Wildman–Crippen MR) is 72.1 cm³/mol. The summed E-state index contributed by atoms with van der Waals surface area (Å²) in [5.41, 5.74) is -0.389. The molecule has 1 aliphatic heterocycles. The molecule has 0 bridgehead atoms. The molecule has 2 aliphatic rings. The quantitative estimate of drug-likeness (QED) is 0.911. The molecule has 2 heterocycles. The van der Waals surface area contributed by atoms with Crippen molar-refractivity contribution in [3.8, 4) is 0 Å². The molecule has 1 spiro atoms. The van der Waals surface area contributed by atoms with Crippen LogP contribution in [0.15, 0.2) is 6.20 Å². The van der Waals surface area contributed by atoms with Gasteiger partial charge < -0.3 is 4.90 Å². The van der Waals surface area contributed by atoms with Crippen LogP contribution in [-0.2, 0) is 6.54 Å². The molecule has 1 N–H and O–H groups in total. The second-order valence-electron chi connectivity index (χ2n) is 6.09. The summed E-state index contributed by atoms with van der Waals surface area (Å²) >= 11 is 0. The van der Waals surface area contributed by atoms with Crippen molar-refractivity contribution < 1.29 is 13.6 Å². The SMILES string of the molecule is CCn1ncc(NC(=O)N2CC(F)(F)CC3(CCC3)C2)n1. The molecule has 6 nitrogen and oxygen atoms in total. The van der Waals surface area contributed by atoms with Gasteiger partial charge in [0.25, 0.3) is 5.92 Å². The Kier molecular flexibility index (Phi) is 3.33. The van der Waals surface area contributed by atoms with Crippen LogP contribution < -0.4 is 5.32 Å². The third-order valence-corrected chi connectivity index (χ3v) is 4.34. The summed E-state index contributed by atoms with van der Waals surface area (Å²) < 4.78 is 27.7. The van der Waals surface area contributed by atoms with Crippen molar-refractivity contribution in [1.29, 1.82) is 0 Å². The molecule has 1 aromatic heterocycles. The molecule has 3 rings (SSSR count). The zero-order chi connectivity index (χ0) is 15.1. The first-order valence-corrected chi connectivity index (χ1v) is 7.25. The van der Waals surface area contributed by atoms with E-state index < -0.39 is 18.5 Å². The third kappa shape index (κ3) is 2.84. The van der Waals surface area contributed by atoms with E-state index in [9.17, 15) is 13.6 Å². The first-order valence-electron chi connectivity index (χ1n) is 7.25. The van der Waals surface area contributed by atoms with Crippen molar-refractivity contribution in [3.05, 3.63) is 6.20 Å². The molecule has 0 unspecified atom stereocenters. The van der Waals surface area contributed by atoms with E-state index >= 15 is 0 Å². The summed E-state index contributed by atoms with van der Waals surface area (Å²) in [6, 6.07) is -0.524. The van der Waals surface area contributed by atoms with Crippen LogP contribution >= 0.6 is 0 Å². The number of likely N-dealkylation sites (tertiary alicyclic amines) is 1. The third-order valence-electron chi connectivity index (χ3n) is 4.34. The average molecular weight is 299 g/mol. The van der Waals surface area contributed by atoms with E-state index in [1.807, 2.05) is 6.92 Å². The maximum Gasteiger partial charge on any atom is 0.323 e. The molecule has 0 radical (unpaired) electrons. The van der Waals surface area contributed by atoms with Crippen molar-refractivity contribution in [1.82, 2.24) is 19.9 Å². The van der Waals surface area contributed by atoms with Crippen LogP contribution in [0.25, 0.3) is 0 Å². The minimum Gasteiger partial charge on any atom is -0.318 e. The Labute approximate surface area is 121 Å². The number of aromatic nitrogens is 3. The predicted octanol–water partition coefficient (Wildman–Crippen LogP) is 2.34. The number of rotatable bonds is 2. The maximum absolute atomic E-state index is 13.9. The van der Waals surface area contributed by atoms with E-state index in [1.54, 1.807) is 0 Å². The molecule has 1 saturated carbocycles. The monoisotopic (exact) mass is 299 g/mol. The highest BCUT2D eigenvalue weighted by Gasteiger charge is 2.52. The van der Waals surface area contributed by atoms with E-state index in [4.69, 9.17) is 0 Å². The van der Waals surface area contributed by atoms with Gasteiger partial charge in [0.1, 0.15) is 0 Å². The zero-order valence-electron chi connectivity index (χ0n) is 12.0. The number of amides is 2. The van der Waals surface area contributed by atoms with Crippen LogP contribution in [-0.4, -0.2) is 44.9 Å². The van der Waals surface area contributed by atoms with Gasteiger partial charge in [-0.2, -0.15) is 9.90 Å². The average Bonchev–Trinajstić information content (AvgIpc) is 2.82. The first kappa shape index (κ1) is 14.2. The Morgan fingerprint density at radius 3 is 2.76 bits per heavy atom. The number of nitrogens with one attached hydrogen (secondary N) is 1. The Hall–Kier alpha value is -1.73. The Balaban J connectivity index is 1.68. The molecule has 116 valence electrons. The molecule has 21 heavy (non-hydrogen) atoms. The summed E-state index contributed by atoms with van der Waals surface area (Å²) in [5.74, 6) is -2.52.